The number of hydrogen-bond donors (Lipinski definition) is 0. The monoisotopic (exact) mass is 386 g/mol. The molecule has 0 spiro atoms. The van der Waals surface area contributed by atoms with Gasteiger partial charge in [0.25, 0.3) is 0 Å². The van der Waals surface area contributed by atoms with Crippen LogP contribution in [0, 0.1) is 0 Å². The molecule has 4 rings (SSSR count). The second-order valence-corrected chi connectivity index (χ2v) is 9.08. The van der Waals surface area contributed by atoms with Crippen molar-refractivity contribution in [1.82, 2.24) is 9.78 Å². The average molecular weight is 386 g/mol. The molecule has 0 aliphatic carbocycles. The first kappa shape index (κ1) is 19.7. The fraction of sp³-hybridized carbons (Fsp3) is 0.667. The first-order valence-electron chi connectivity index (χ1n) is 10.3. The van der Waals surface area contributed by atoms with Crippen molar-refractivity contribution in [2.75, 3.05) is 6.61 Å². The summed E-state index contributed by atoms with van der Waals surface area (Å²) < 4.78 is 26.5. The van der Waals surface area contributed by atoms with E-state index >= 15 is 0 Å². The molecule has 7 heteroatoms. The first-order valence-corrected chi connectivity index (χ1v) is 10.3. The Kier molecular flexibility index (Phi) is 4.96. The van der Waals surface area contributed by atoms with Gasteiger partial charge in [-0.3, -0.25) is 0 Å². The van der Waals surface area contributed by atoms with Crippen molar-refractivity contribution in [3.8, 4) is 5.75 Å². The number of aromatic nitrogens is 2. The summed E-state index contributed by atoms with van der Waals surface area (Å²) in [6, 6.07) is 6.10. The van der Waals surface area contributed by atoms with E-state index in [9.17, 15) is 0 Å². The van der Waals surface area contributed by atoms with Crippen LogP contribution in [0.1, 0.15) is 67.0 Å². The van der Waals surface area contributed by atoms with Gasteiger partial charge in [-0.25, -0.2) is 4.68 Å². The molecule has 0 N–H and O–H groups in total. The molecule has 6 nitrogen and oxygen atoms in total. The Hall–Kier alpha value is -1.57. The van der Waals surface area contributed by atoms with Crippen LogP contribution >= 0.6 is 0 Å². The van der Waals surface area contributed by atoms with E-state index in [0.29, 0.717) is 0 Å². The van der Waals surface area contributed by atoms with Crippen LogP contribution < -0.4 is 10.3 Å². The Balaban J connectivity index is 1.79. The number of rotatable bonds is 4. The Morgan fingerprint density at radius 1 is 1.14 bits per heavy atom. The van der Waals surface area contributed by atoms with Gasteiger partial charge in [0.05, 0.1) is 22.8 Å². The highest BCUT2D eigenvalue weighted by atomic mass is 16.7. The standard InChI is InChI=1S/C21H31BN2O4/c1-14(2)26-15-10-11-17-16(13-15)19(22-27-20(3,4)21(5,6)28-22)23-24(17)18-9-7-8-12-25-18/h10-11,13-14,18H,7-9,12H2,1-6H3. The lowest BCUT2D eigenvalue weighted by atomic mass is 9.82. The maximum Gasteiger partial charge on any atom is 0.517 e. The Morgan fingerprint density at radius 2 is 1.86 bits per heavy atom. The Bertz CT molecular complexity index is 839. The molecule has 2 aliphatic heterocycles. The van der Waals surface area contributed by atoms with Crippen LogP contribution in [-0.4, -0.2) is 40.8 Å². The lowest BCUT2D eigenvalue weighted by Gasteiger charge is -2.32. The smallest absolute Gasteiger partial charge is 0.491 e. The summed E-state index contributed by atoms with van der Waals surface area (Å²) in [6.45, 7) is 13.1. The zero-order chi connectivity index (χ0) is 20.1. The molecule has 0 radical (unpaired) electrons. The zero-order valence-corrected chi connectivity index (χ0v) is 17.8. The van der Waals surface area contributed by atoms with E-state index in [1.165, 1.54) is 0 Å². The van der Waals surface area contributed by atoms with Crippen molar-refractivity contribution in [2.45, 2.75) is 84.3 Å². The van der Waals surface area contributed by atoms with Gasteiger partial charge in [-0.1, -0.05) is 0 Å². The van der Waals surface area contributed by atoms with Crippen molar-refractivity contribution in [1.29, 1.82) is 0 Å². The number of nitrogens with zero attached hydrogens (tertiary/aromatic N) is 2. The van der Waals surface area contributed by atoms with Crippen LogP contribution in [0.25, 0.3) is 10.9 Å². The van der Waals surface area contributed by atoms with Crippen LogP contribution in [-0.2, 0) is 14.0 Å². The third-order valence-corrected chi connectivity index (χ3v) is 5.98. The van der Waals surface area contributed by atoms with Crippen LogP contribution in [0.2, 0.25) is 0 Å². The van der Waals surface area contributed by atoms with Gasteiger partial charge in [0, 0.05) is 12.0 Å². The zero-order valence-electron chi connectivity index (χ0n) is 17.8. The predicted octanol–water partition coefficient (Wildman–Crippen LogP) is 3.82. The van der Waals surface area contributed by atoms with Crippen LogP contribution in [0.3, 0.4) is 0 Å². The molecule has 3 heterocycles. The fourth-order valence-corrected chi connectivity index (χ4v) is 3.75. The summed E-state index contributed by atoms with van der Waals surface area (Å²) in [5.41, 5.74) is 0.979. The molecule has 152 valence electrons. The molecule has 1 aromatic heterocycles. The van der Waals surface area contributed by atoms with E-state index in [4.69, 9.17) is 23.9 Å². The van der Waals surface area contributed by atoms with Gasteiger partial charge in [0.1, 0.15) is 11.3 Å². The molecule has 2 aromatic rings. The molecule has 2 saturated heterocycles. The molecular formula is C21H31BN2O4. The van der Waals surface area contributed by atoms with Gasteiger partial charge < -0.3 is 18.8 Å². The summed E-state index contributed by atoms with van der Waals surface area (Å²) in [5, 5.41) is 5.92. The van der Waals surface area contributed by atoms with E-state index in [-0.39, 0.29) is 12.3 Å². The van der Waals surface area contributed by atoms with Crippen molar-refractivity contribution in [2.24, 2.45) is 0 Å². The van der Waals surface area contributed by atoms with E-state index in [1.54, 1.807) is 0 Å². The highest BCUT2D eigenvalue weighted by Crippen LogP contribution is 2.37. The predicted molar refractivity (Wildman–Crippen MR) is 110 cm³/mol. The molecular weight excluding hydrogens is 355 g/mol. The fourth-order valence-electron chi connectivity index (χ4n) is 3.75. The second-order valence-electron chi connectivity index (χ2n) is 9.08. The second kappa shape index (κ2) is 7.04. The minimum atomic E-state index is -0.522. The largest absolute Gasteiger partial charge is 0.517 e. The first-order chi connectivity index (χ1) is 13.2. The maximum atomic E-state index is 6.30. The quantitative estimate of drug-likeness (QED) is 0.748. The van der Waals surface area contributed by atoms with E-state index < -0.39 is 18.3 Å². The lowest BCUT2D eigenvalue weighted by Crippen LogP contribution is -2.41. The highest BCUT2D eigenvalue weighted by molar-refractivity contribution is 6.64. The Labute approximate surface area is 167 Å². The van der Waals surface area contributed by atoms with E-state index in [2.05, 4.69) is 33.8 Å². The SMILES string of the molecule is CC(C)Oc1ccc2c(c1)c(B1OC(C)(C)C(C)(C)O1)nn2C1CCCCO1. The van der Waals surface area contributed by atoms with Gasteiger partial charge in [-0.05, 0) is 79.0 Å². The molecule has 28 heavy (non-hydrogen) atoms. The molecule has 2 fully saturated rings. The summed E-state index contributed by atoms with van der Waals surface area (Å²) >= 11 is 0. The molecule has 1 atom stereocenters. The van der Waals surface area contributed by atoms with Crippen molar-refractivity contribution < 1.29 is 18.8 Å². The molecule has 0 bridgehead atoms. The highest BCUT2D eigenvalue weighted by Gasteiger charge is 2.53. The third-order valence-electron chi connectivity index (χ3n) is 5.98. The summed E-state index contributed by atoms with van der Waals surface area (Å²) in [6.07, 6.45) is 3.27. The minimum Gasteiger partial charge on any atom is -0.491 e. The average Bonchev–Trinajstić information content (AvgIpc) is 3.09. The lowest BCUT2D eigenvalue weighted by molar-refractivity contribution is -0.0364. The van der Waals surface area contributed by atoms with Crippen LogP contribution in [0.4, 0.5) is 0 Å². The van der Waals surface area contributed by atoms with Gasteiger partial charge >= 0.3 is 7.12 Å². The van der Waals surface area contributed by atoms with Crippen molar-refractivity contribution in [3.63, 3.8) is 0 Å². The van der Waals surface area contributed by atoms with Crippen LogP contribution in [0.15, 0.2) is 18.2 Å². The number of ether oxygens (including phenoxy) is 2. The summed E-state index contributed by atoms with van der Waals surface area (Å²) in [7, 11) is -0.522. The molecule has 0 amide bonds. The molecule has 1 unspecified atom stereocenters. The van der Waals surface area contributed by atoms with Crippen LogP contribution in [0.5, 0.6) is 5.75 Å². The normalized spacial score (nSPS) is 24.2. The van der Waals surface area contributed by atoms with Gasteiger partial charge in [0.15, 0.2) is 6.23 Å². The summed E-state index contributed by atoms with van der Waals surface area (Å²) in [5.74, 6) is 0.823. The molecule has 2 aliphatic rings. The van der Waals surface area contributed by atoms with E-state index in [0.717, 1.165) is 48.1 Å². The van der Waals surface area contributed by atoms with Crippen molar-refractivity contribution in [3.05, 3.63) is 18.2 Å². The van der Waals surface area contributed by atoms with Gasteiger partial charge in [-0.15, -0.1) is 0 Å². The van der Waals surface area contributed by atoms with Gasteiger partial charge in [-0.2, -0.15) is 5.10 Å². The van der Waals surface area contributed by atoms with E-state index in [1.807, 2.05) is 30.7 Å². The van der Waals surface area contributed by atoms with Crippen molar-refractivity contribution >= 4 is 23.6 Å². The molecule has 1 aromatic carbocycles. The maximum absolute atomic E-state index is 6.30. The summed E-state index contributed by atoms with van der Waals surface area (Å²) in [4.78, 5) is 0. The Morgan fingerprint density at radius 3 is 2.46 bits per heavy atom. The number of benzene rings is 1. The van der Waals surface area contributed by atoms with Gasteiger partial charge in [0.2, 0.25) is 0 Å². The topological polar surface area (TPSA) is 54.7 Å². The third kappa shape index (κ3) is 3.44. The molecule has 0 saturated carbocycles. The minimum absolute atomic E-state index is 0.0516. The number of hydrogen-bond acceptors (Lipinski definition) is 5. The number of fused-ring (bicyclic) bond motifs is 1.